The minimum Gasteiger partial charge on any atom is -0.373 e. The molecule has 2 N–H and O–H groups in total. The number of nitrogens with one attached hydrogen (secondary N) is 2. The normalized spacial score (nSPS) is 21.0. The average molecular weight is 361 g/mol. The third kappa shape index (κ3) is 6.61. The van der Waals surface area contributed by atoms with Crippen LogP contribution in [0.25, 0.3) is 0 Å². The summed E-state index contributed by atoms with van der Waals surface area (Å²) in [6.45, 7) is 11.9. The maximum absolute atomic E-state index is 6.12. The molecule has 1 saturated heterocycles. The molecule has 1 aromatic carbocycles. The van der Waals surface area contributed by atoms with Gasteiger partial charge in [0, 0.05) is 38.7 Å². The number of rotatable bonds is 8. The Hall–Kier alpha value is -1.59. The van der Waals surface area contributed by atoms with Gasteiger partial charge in [-0.15, -0.1) is 0 Å². The fourth-order valence-corrected chi connectivity index (χ4v) is 3.23. The van der Waals surface area contributed by atoms with Gasteiger partial charge in [-0.05, 0) is 45.8 Å². The van der Waals surface area contributed by atoms with Gasteiger partial charge in [-0.3, -0.25) is 4.99 Å². The van der Waals surface area contributed by atoms with Crippen molar-refractivity contribution in [1.29, 1.82) is 0 Å². The molecule has 0 spiro atoms. The zero-order valence-electron chi connectivity index (χ0n) is 16.9. The summed E-state index contributed by atoms with van der Waals surface area (Å²) in [7, 11) is 2.14. The summed E-state index contributed by atoms with van der Waals surface area (Å²) < 4.78 is 6.12. The van der Waals surface area contributed by atoms with Crippen LogP contribution in [0.4, 0.5) is 0 Å². The Kier molecular flexibility index (Phi) is 8.92. The molecule has 2 atom stereocenters. The van der Waals surface area contributed by atoms with Gasteiger partial charge in [0.2, 0.25) is 0 Å². The molecule has 0 bridgehead atoms. The molecule has 26 heavy (non-hydrogen) atoms. The number of hydrogen-bond acceptors (Lipinski definition) is 3. The Labute approximate surface area is 159 Å². The Morgan fingerprint density at radius 2 is 2.00 bits per heavy atom. The van der Waals surface area contributed by atoms with E-state index in [1.54, 1.807) is 0 Å². The molecule has 0 amide bonds. The number of guanidine groups is 1. The van der Waals surface area contributed by atoms with Crippen molar-refractivity contribution in [3.8, 4) is 0 Å². The smallest absolute Gasteiger partial charge is 0.191 e. The topological polar surface area (TPSA) is 48.9 Å². The molecular weight excluding hydrogens is 324 g/mol. The highest BCUT2D eigenvalue weighted by atomic mass is 16.5. The predicted octanol–water partition coefficient (Wildman–Crippen LogP) is 2.97. The highest BCUT2D eigenvalue weighted by Gasteiger charge is 2.27. The summed E-state index contributed by atoms with van der Waals surface area (Å²) in [5, 5.41) is 6.80. The average Bonchev–Trinajstić information content (AvgIpc) is 2.67. The first-order valence-corrected chi connectivity index (χ1v) is 10.0. The quantitative estimate of drug-likeness (QED) is 0.553. The molecule has 146 valence electrons. The van der Waals surface area contributed by atoms with Crippen molar-refractivity contribution < 1.29 is 4.74 Å². The van der Waals surface area contributed by atoms with E-state index in [0.29, 0.717) is 5.92 Å². The zero-order valence-corrected chi connectivity index (χ0v) is 16.9. The fourth-order valence-electron chi connectivity index (χ4n) is 3.23. The molecule has 1 fully saturated rings. The Morgan fingerprint density at radius 1 is 1.23 bits per heavy atom. The van der Waals surface area contributed by atoms with Crippen LogP contribution in [0.15, 0.2) is 29.3 Å². The van der Waals surface area contributed by atoms with Crippen molar-refractivity contribution in [2.24, 2.45) is 10.9 Å². The SMILES string of the molecule is CCNC(=NCC1CCCOC1c1ccc(C)cc1)NCCN(C)CC. The molecule has 5 nitrogen and oxygen atoms in total. The van der Waals surface area contributed by atoms with E-state index in [4.69, 9.17) is 9.73 Å². The third-order valence-electron chi connectivity index (χ3n) is 5.00. The lowest BCUT2D eigenvalue weighted by Gasteiger charge is -2.31. The van der Waals surface area contributed by atoms with Gasteiger partial charge in [-0.1, -0.05) is 36.8 Å². The lowest BCUT2D eigenvalue weighted by atomic mass is 9.89. The summed E-state index contributed by atoms with van der Waals surface area (Å²) in [6.07, 6.45) is 2.44. The monoisotopic (exact) mass is 360 g/mol. The standard InChI is InChI=1S/C21H36N4O/c1-5-22-21(23-13-14-25(4)6-2)24-16-19-8-7-15-26-20(19)18-11-9-17(3)10-12-18/h9-12,19-20H,5-8,13-16H2,1-4H3,(H2,22,23,24). The lowest BCUT2D eigenvalue weighted by molar-refractivity contribution is -0.0250. The maximum Gasteiger partial charge on any atom is 0.191 e. The van der Waals surface area contributed by atoms with Crippen LogP contribution in [0, 0.1) is 12.8 Å². The molecule has 1 aliphatic heterocycles. The predicted molar refractivity (Wildman–Crippen MR) is 110 cm³/mol. The van der Waals surface area contributed by atoms with E-state index in [-0.39, 0.29) is 6.10 Å². The Morgan fingerprint density at radius 3 is 2.69 bits per heavy atom. The summed E-state index contributed by atoms with van der Waals surface area (Å²) >= 11 is 0. The Balaban J connectivity index is 1.96. The van der Waals surface area contributed by atoms with E-state index in [1.165, 1.54) is 17.5 Å². The van der Waals surface area contributed by atoms with Crippen molar-refractivity contribution in [1.82, 2.24) is 15.5 Å². The van der Waals surface area contributed by atoms with Gasteiger partial charge >= 0.3 is 0 Å². The van der Waals surface area contributed by atoms with Crippen LogP contribution in [0.5, 0.6) is 0 Å². The molecule has 5 heteroatoms. The molecule has 1 aromatic rings. The first-order chi connectivity index (χ1) is 12.6. The van der Waals surface area contributed by atoms with Crippen molar-refractivity contribution in [2.45, 2.75) is 39.7 Å². The van der Waals surface area contributed by atoms with Crippen LogP contribution in [0.2, 0.25) is 0 Å². The molecule has 1 heterocycles. The van der Waals surface area contributed by atoms with Crippen LogP contribution >= 0.6 is 0 Å². The number of aryl methyl sites for hydroxylation is 1. The second-order valence-corrected chi connectivity index (χ2v) is 7.15. The van der Waals surface area contributed by atoms with Crippen molar-refractivity contribution in [2.75, 3.05) is 46.4 Å². The summed E-state index contributed by atoms with van der Waals surface area (Å²) in [6, 6.07) is 8.74. The van der Waals surface area contributed by atoms with E-state index < -0.39 is 0 Å². The number of hydrogen-bond donors (Lipinski definition) is 2. The summed E-state index contributed by atoms with van der Waals surface area (Å²) in [4.78, 5) is 7.14. The van der Waals surface area contributed by atoms with E-state index in [0.717, 1.165) is 51.7 Å². The summed E-state index contributed by atoms with van der Waals surface area (Å²) in [5.41, 5.74) is 2.56. The fraction of sp³-hybridized carbons (Fsp3) is 0.667. The second kappa shape index (κ2) is 11.2. The molecule has 0 aliphatic carbocycles. The zero-order chi connectivity index (χ0) is 18.8. The number of ether oxygens (including phenoxy) is 1. The highest BCUT2D eigenvalue weighted by Crippen LogP contribution is 2.33. The van der Waals surface area contributed by atoms with Crippen LogP contribution < -0.4 is 10.6 Å². The second-order valence-electron chi connectivity index (χ2n) is 7.15. The lowest BCUT2D eigenvalue weighted by Crippen LogP contribution is -2.41. The first-order valence-electron chi connectivity index (χ1n) is 10.0. The van der Waals surface area contributed by atoms with Gasteiger partial charge < -0.3 is 20.3 Å². The van der Waals surface area contributed by atoms with Crippen molar-refractivity contribution in [3.63, 3.8) is 0 Å². The molecule has 2 rings (SSSR count). The van der Waals surface area contributed by atoms with Crippen LogP contribution in [-0.2, 0) is 4.74 Å². The first kappa shape index (κ1) is 20.7. The molecule has 1 aliphatic rings. The molecule has 2 unspecified atom stereocenters. The van der Waals surface area contributed by atoms with Gasteiger partial charge in [0.15, 0.2) is 5.96 Å². The number of nitrogens with zero attached hydrogens (tertiary/aromatic N) is 2. The largest absolute Gasteiger partial charge is 0.373 e. The number of benzene rings is 1. The van der Waals surface area contributed by atoms with Crippen molar-refractivity contribution >= 4 is 5.96 Å². The van der Waals surface area contributed by atoms with Crippen molar-refractivity contribution in [3.05, 3.63) is 35.4 Å². The van der Waals surface area contributed by atoms with Gasteiger partial charge in [-0.2, -0.15) is 0 Å². The highest BCUT2D eigenvalue weighted by molar-refractivity contribution is 5.79. The van der Waals surface area contributed by atoms with E-state index >= 15 is 0 Å². The van der Waals surface area contributed by atoms with Crippen LogP contribution in [0.3, 0.4) is 0 Å². The van der Waals surface area contributed by atoms with Crippen LogP contribution in [0.1, 0.15) is 43.9 Å². The third-order valence-corrected chi connectivity index (χ3v) is 5.00. The van der Waals surface area contributed by atoms with E-state index in [9.17, 15) is 0 Å². The molecular formula is C21H36N4O. The van der Waals surface area contributed by atoms with E-state index in [2.05, 4.69) is 67.6 Å². The molecule has 0 saturated carbocycles. The van der Waals surface area contributed by atoms with Gasteiger partial charge in [-0.25, -0.2) is 0 Å². The van der Waals surface area contributed by atoms with Gasteiger partial charge in [0.1, 0.15) is 0 Å². The molecule has 0 aromatic heterocycles. The number of likely N-dealkylation sites (N-methyl/N-ethyl adjacent to an activating group) is 1. The van der Waals surface area contributed by atoms with Gasteiger partial charge in [0.25, 0.3) is 0 Å². The minimum atomic E-state index is 0.155. The summed E-state index contributed by atoms with van der Waals surface area (Å²) in [5.74, 6) is 1.34. The maximum atomic E-state index is 6.12. The number of aliphatic imine (C=N–C) groups is 1. The van der Waals surface area contributed by atoms with Gasteiger partial charge in [0.05, 0.1) is 6.10 Å². The Bertz CT molecular complexity index is 543. The van der Waals surface area contributed by atoms with E-state index in [1.807, 2.05) is 0 Å². The van der Waals surface area contributed by atoms with Crippen LogP contribution in [-0.4, -0.2) is 57.2 Å². The minimum absolute atomic E-state index is 0.155. The molecule has 0 radical (unpaired) electrons.